The third-order valence-electron chi connectivity index (χ3n) is 8.78. The van der Waals surface area contributed by atoms with E-state index < -0.39 is 11.3 Å². The van der Waals surface area contributed by atoms with Crippen LogP contribution in [0.25, 0.3) is 21.9 Å². The van der Waals surface area contributed by atoms with Crippen LogP contribution in [0.1, 0.15) is 49.9 Å². The first kappa shape index (κ1) is 35.4. The number of benzene rings is 4. The highest BCUT2D eigenvalue weighted by Gasteiger charge is 2.16. The zero-order chi connectivity index (χ0) is 36.5. The molecule has 2 aromatic heterocycles. The number of anilines is 2. The Morgan fingerprint density at radius 3 is 1.29 bits per heavy atom. The minimum absolute atomic E-state index is 0.253. The van der Waals surface area contributed by atoms with Crippen molar-refractivity contribution in [2.45, 2.75) is 27.7 Å². The van der Waals surface area contributed by atoms with Crippen LogP contribution in [0.5, 0.6) is 0 Å². The fourth-order valence-corrected chi connectivity index (χ4v) is 5.96. The average molecular weight is 693 g/mol. The van der Waals surface area contributed by atoms with Crippen LogP contribution >= 0.6 is 0 Å². The maximum absolute atomic E-state index is 13.0. The topological polar surface area (TPSA) is 116 Å². The molecule has 0 bridgehead atoms. The van der Waals surface area contributed by atoms with Crippen molar-refractivity contribution in [2.75, 3.05) is 36.0 Å². The van der Waals surface area contributed by atoms with Crippen molar-refractivity contribution in [3.63, 3.8) is 0 Å². The third-order valence-corrected chi connectivity index (χ3v) is 8.78. The molecule has 6 aromatic rings. The lowest BCUT2D eigenvalue weighted by Crippen LogP contribution is -2.21. The molecule has 0 amide bonds. The van der Waals surface area contributed by atoms with E-state index in [1.807, 2.05) is 97.1 Å². The van der Waals surface area contributed by atoms with E-state index >= 15 is 0 Å². The fourth-order valence-electron chi connectivity index (χ4n) is 5.96. The second-order valence-corrected chi connectivity index (χ2v) is 11.9. The molecule has 0 saturated carbocycles. The largest absolute Gasteiger partial charge is 0.422 e. The second kappa shape index (κ2) is 16.5. The first-order valence-electron chi connectivity index (χ1n) is 17.4. The summed E-state index contributed by atoms with van der Waals surface area (Å²) in [7, 11) is 0. The quantitative estimate of drug-likeness (QED) is 0.0690. The van der Waals surface area contributed by atoms with Gasteiger partial charge < -0.3 is 18.6 Å². The summed E-state index contributed by atoms with van der Waals surface area (Å²) >= 11 is 0. The zero-order valence-electron chi connectivity index (χ0n) is 29.7. The summed E-state index contributed by atoms with van der Waals surface area (Å²) in [6, 6.07) is 34.0. The van der Waals surface area contributed by atoms with Crippen molar-refractivity contribution < 1.29 is 8.83 Å². The van der Waals surface area contributed by atoms with Crippen LogP contribution in [0, 0.1) is 0 Å². The molecule has 0 aliphatic carbocycles. The van der Waals surface area contributed by atoms with Crippen molar-refractivity contribution in [3.05, 3.63) is 152 Å². The molecule has 0 aliphatic rings. The Labute approximate surface area is 301 Å². The van der Waals surface area contributed by atoms with Gasteiger partial charge in [0, 0.05) is 71.6 Å². The van der Waals surface area contributed by atoms with Crippen molar-refractivity contribution in [3.8, 4) is 0 Å². The summed E-state index contributed by atoms with van der Waals surface area (Å²) < 4.78 is 11.4. The van der Waals surface area contributed by atoms with E-state index in [-0.39, 0.29) is 11.1 Å². The number of rotatable bonds is 13. The van der Waals surface area contributed by atoms with Crippen LogP contribution in [0.3, 0.4) is 0 Å². The molecular weight excluding hydrogens is 653 g/mol. The highest BCUT2D eigenvalue weighted by atomic mass is 16.4. The van der Waals surface area contributed by atoms with Gasteiger partial charge in [-0.1, -0.05) is 60.7 Å². The molecule has 0 radical (unpaired) electrons. The predicted molar refractivity (Wildman–Crippen MR) is 213 cm³/mol. The van der Waals surface area contributed by atoms with Crippen LogP contribution in [0.2, 0.25) is 0 Å². The Hall–Kier alpha value is -6.42. The first-order valence-corrected chi connectivity index (χ1v) is 17.4. The van der Waals surface area contributed by atoms with Crippen molar-refractivity contribution >= 4 is 57.2 Å². The molecular formula is C42H40N6O4. The van der Waals surface area contributed by atoms with E-state index in [0.29, 0.717) is 22.6 Å². The van der Waals surface area contributed by atoms with E-state index in [0.717, 1.165) is 59.5 Å². The van der Waals surface area contributed by atoms with Crippen LogP contribution in [-0.4, -0.2) is 50.0 Å². The molecule has 2 heterocycles. The maximum atomic E-state index is 13.0. The van der Waals surface area contributed by atoms with E-state index in [2.05, 4.69) is 57.9 Å². The fraction of sp³-hybridized carbons (Fsp3) is 0.190. The van der Waals surface area contributed by atoms with Gasteiger partial charge in [0.25, 0.3) is 0 Å². The van der Waals surface area contributed by atoms with Gasteiger partial charge in [0.15, 0.2) is 0 Å². The number of hydrogen-bond acceptors (Lipinski definition) is 10. The molecule has 0 saturated heterocycles. The molecule has 0 spiro atoms. The standard InChI is InChI=1S/C42H40N6O4/c1-5-47(6-2)35-21-19-31-23-33(41(49)51-37(31)25-35)27-43-45-39(29-15-11-9-12-16-29)40(30-17-13-10-14-18-30)46-44-28-34-24-32-20-22-36(48(7-3)8-4)26-38(32)52-42(34)50/h9-28H,5-8H2,1-4H3/b43-27+,44-28+,45-39+,46-40+. The molecule has 6 rings (SSSR count). The Kier molecular flexibility index (Phi) is 11.3. The van der Waals surface area contributed by atoms with Crippen LogP contribution in [-0.2, 0) is 0 Å². The summed E-state index contributed by atoms with van der Waals surface area (Å²) in [4.78, 5) is 30.4. The van der Waals surface area contributed by atoms with Crippen molar-refractivity contribution in [2.24, 2.45) is 20.4 Å². The summed E-state index contributed by atoms with van der Waals surface area (Å²) in [5.74, 6) is 0. The van der Waals surface area contributed by atoms with Gasteiger partial charge in [-0.3, -0.25) is 0 Å². The van der Waals surface area contributed by atoms with E-state index in [1.165, 1.54) is 12.4 Å². The molecule has 262 valence electrons. The Morgan fingerprint density at radius 1 is 0.538 bits per heavy atom. The average Bonchev–Trinajstić information content (AvgIpc) is 3.17. The van der Waals surface area contributed by atoms with Crippen molar-refractivity contribution in [1.82, 2.24) is 0 Å². The van der Waals surface area contributed by atoms with Gasteiger partial charge in [-0.05, 0) is 64.1 Å². The summed E-state index contributed by atoms with van der Waals surface area (Å²) in [5, 5.41) is 19.4. The number of fused-ring (bicyclic) bond motifs is 2. The Balaban J connectivity index is 1.38. The minimum Gasteiger partial charge on any atom is -0.422 e. The molecule has 0 N–H and O–H groups in total. The second-order valence-electron chi connectivity index (χ2n) is 11.9. The lowest BCUT2D eigenvalue weighted by atomic mass is 10.00. The van der Waals surface area contributed by atoms with Gasteiger partial charge in [0.05, 0.1) is 23.6 Å². The lowest BCUT2D eigenvalue weighted by Gasteiger charge is -2.20. The molecule has 52 heavy (non-hydrogen) atoms. The Morgan fingerprint density at radius 2 is 0.923 bits per heavy atom. The normalized spacial score (nSPS) is 12.4. The van der Waals surface area contributed by atoms with E-state index in [4.69, 9.17) is 8.83 Å². The molecule has 0 atom stereocenters. The highest BCUT2D eigenvalue weighted by Crippen LogP contribution is 2.23. The smallest absolute Gasteiger partial charge is 0.345 e. The van der Waals surface area contributed by atoms with E-state index in [9.17, 15) is 9.59 Å². The minimum atomic E-state index is -0.524. The number of nitrogens with zero attached hydrogens (tertiary/aromatic N) is 6. The molecule has 10 nitrogen and oxygen atoms in total. The monoisotopic (exact) mass is 692 g/mol. The predicted octanol–water partition coefficient (Wildman–Crippen LogP) is 7.94. The zero-order valence-corrected chi connectivity index (χ0v) is 29.7. The molecule has 4 aromatic carbocycles. The Bertz CT molecular complexity index is 2230. The van der Waals surface area contributed by atoms with Gasteiger partial charge >= 0.3 is 11.3 Å². The van der Waals surface area contributed by atoms with Crippen LogP contribution in [0.4, 0.5) is 11.4 Å². The first-order chi connectivity index (χ1) is 25.4. The van der Waals surface area contributed by atoms with Gasteiger partial charge in [0.2, 0.25) is 0 Å². The van der Waals surface area contributed by atoms with Gasteiger partial charge in [-0.15, -0.1) is 10.2 Å². The molecule has 0 fully saturated rings. The molecule has 0 unspecified atom stereocenters. The van der Waals surface area contributed by atoms with Gasteiger partial charge in [-0.2, -0.15) is 10.2 Å². The number of hydrogen-bond donors (Lipinski definition) is 0. The van der Waals surface area contributed by atoms with Crippen LogP contribution in [0.15, 0.2) is 148 Å². The summed E-state index contributed by atoms with van der Waals surface area (Å²) in [5.41, 5.74) is 4.69. The van der Waals surface area contributed by atoms with E-state index in [1.54, 1.807) is 12.1 Å². The summed E-state index contributed by atoms with van der Waals surface area (Å²) in [6.45, 7) is 11.7. The molecule has 0 aliphatic heterocycles. The lowest BCUT2D eigenvalue weighted by molar-refractivity contribution is 0.559. The summed E-state index contributed by atoms with van der Waals surface area (Å²) in [6.07, 6.45) is 2.76. The maximum Gasteiger partial charge on any atom is 0.345 e. The van der Waals surface area contributed by atoms with Gasteiger partial charge in [-0.25, -0.2) is 9.59 Å². The third kappa shape index (κ3) is 7.97. The highest BCUT2D eigenvalue weighted by molar-refractivity contribution is 6.53. The SMILES string of the molecule is CCN(CC)c1ccc2cc(/C=N/N=C(/C(=N/N=C/c3cc4ccc(N(CC)CC)cc4oc3=O)c3ccccc3)c3ccccc3)c(=O)oc2c1. The van der Waals surface area contributed by atoms with Crippen molar-refractivity contribution in [1.29, 1.82) is 0 Å². The van der Waals surface area contributed by atoms with Gasteiger partial charge in [0.1, 0.15) is 22.6 Å². The molecule has 10 heteroatoms. The van der Waals surface area contributed by atoms with Crippen LogP contribution < -0.4 is 21.1 Å².